The zero-order valence-electron chi connectivity index (χ0n) is 17.0. The minimum atomic E-state index is -0.977. The molecule has 1 heterocycles. The van der Waals surface area contributed by atoms with Crippen LogP contribution in [0.15, 0.2) is 18.2 Å². The van der Waals surface area contributed by atoms with E-state index in [2.05, 4.69) is 35.6 Å². The molecule has 27 heavy (non-hydrogen) atoms. The molecular weight excluding hydrogens is 346 g/mol. The third kappa shape index (κ3) is 6.68. The second-order valence-corrected chi connectivity index (χ2v) is 7.29. The summed E-state index contributed by atoms with van der Waals surface area (Å²) in [6.45, 7) is 12.4. The molecule has 1 aliphatic rings. The Balaban J connectivity index is 1.82. The molecule has 0 amide bonds. The molecule has 0 atom stereocenters. The fourth-order valence-corrected chi connectivity index (χ4v) is 3.16. The molecule has 2 rings (SSSR count). The largest absolute Gasteiger partial charge is 0.493 e. The quantitative estimate of drug-likeness (QED) is 0.664. The lowest BCUT2D eigenvalue weighted by Crippen LogP contribution is -2.48. The molecule has 1 aromatic rings. The molecule has 0 radical (unpaired) electrons. The van der Waals surface area contributed by atoms with Crippen molar-refractivity contribution in [1.82, 2.24) is 14.7 Å². The van der Waals surface area contributed by atoms with Gasteiger partial charge in [0.1, 0.15) is 6.61 Å². The summed E-state index contributed by atoms with van der Waals surface area (Å²) in [5.74, 6) is 0.0449. The molecule has 0 unspecified atom stereocenters. The summed E-state index contributed by atoms with van der Waals surface area (Å²) in [5, 5.41) is 9.08. The Morgan fingerprint density at radius 2 is 1.89 bits per heavy atom. The lowest BCUT2D eigenvalue weighted by Gasteiger charge is -2.35. The van der Waals surface area contributed by atoms with Gasteiger partial charge < -0.3 is 19.5 Å². The summed E-state index contributed by atoms with van der Waals surface area (Å²) in [6, 6.07) is 5.13. The van der Waals surface area contributed by atoms with Crippen molar-refractivity contribution in [3.05, 3.63) is 23.8 Å². The first-order valence-corrected chi connectivity index (χ1v) is 9.59. The molecule has 1 N–H and O–H groups in total. The van der Waals surface area contributed by atoms with E-state index in [1.807, 2.05) is 0 Å². The van der Waals surface area contributed by atoms with Gasteiger partial charge in [0, 0.05) is 51.9 Å². The number of rotatable bonds is 10. The Morgan fingerprint density at radius 3 is 2.48 bits per heavy atom. The monoisotopic (exact) mass is 379 g/mol. The molecular formula is C20H33N3O4. The molecule has 7 nitrogen and oxygen atoms in total. The molecule has 1 fully saturated rings. The van der Waals surface area contributed by atoms with E-state index in [1.54, 1.807) is 6.07 Å². The van der Waals surface area contributed by atoms with Crippen molar-refractivity contribution in [2.75, 3.05) is 66.6 Å². The predicted molar refractivity (Wildman–Crippen MR) is 106 cm³/mol. The average molecular weight is 380 g/mol. The number of nitrogens with zero attached hydrogens (tertiary/aromatic N) is 3. The lowest BCUT2D eigenvalue weighted by atomic mass is 10.2. The number of likely N-dealkylation sites (N-methyl/N-ethyl adjacent to an activating group) is 1. The van der Waals surface area contributed by atoms with Crippen LogP contribution in [0.3, 0.4) is 0 Å². The molecule has 0 saturated carbocycles. The SMILES string of the molecule is COc1cc(C(=O)O)ccc1OCCN(CCN1CCN(C)CC1)C(C)C. The van der Waals surface area contributed by atoms with Crippen molar-refractivity contribution in [2.24, 2.45) is 0 Å². The zero-order valence-corrected chi connectivity index (χ0v) is 17.0. The summed E-state index contributed by atoms with van der Waals surface area (Å²) >= 11 is 0. The number of carboxylic acid groups (broad SMARTS) is 1. The number of carbonyl (C=O) groups is 1. The van der Waals surface area contributed by atoms with E-state index in [0.717, 1.165) is 45.8 Å². The van der Waals surface area contributed by atoms with Gasteiger partial charge in [-0.2, -0.15) is 0 Å². The fraction of sp³-hybridized carbons (Fsp3) is 0.650. The van der Waals surface area contributed by atoms with Crippen LogP contribution < -0.4 is 9.47 Å². The second kappa shape index (κ2) is 10.5. The predicted octanol–water partition coefficient (Wildman–Crippen LogP) is 1.73. The fourth-order valence-electron chi connectivity index (χ4n) is 3.16. The van der Waals surface area contributed by atoms with Crippen LogP contribution in [0.2, 0.25) is 0 Å². The van der Waals surface area contributed by atoms with Gasteiger partial charge in [0.2, 0.25) is 0 Å². The molecule has 0 spiro atoms. The van der Waals surface area contributed by atoms with Crippen LogP contribution in [0.5, 0.6) is 11.5 Å². The van der Waals surface area contributed by atoms with Crippen molar-refractivity contribution in [3.8, 4) is 11.5 Å². The van der Waals surface area contributed by atoms with Gasteiger partial charge in [-0.15, -0.1) is 0 Å². The minimum absolute atomic E-state index is 0.190. The summed E-state index contributed by atoms with van der Waals surface area (Å²) in [7, 11) is 3.69. The zero-order chi connectivity index (χ0) is 19.8. The van der Waals surface area contributed by atoms with E-state index >= 15 is 0 Å². The van der Waals surface area contributed by atoms with Crippen LogP contribution in [0.4, 0.5) is 0 Å². The van der Waals surface area contributed by atoms with Crippen LogP contribution in [0, 0.1) is 0 Å². The molecule has 1 aromatic carbocycles. The van der Waals surface area contributed by atoms with Crippen LogP contribution in [-0.2, 0) is 0 Å². The van der Waals surface area contributed by atoms with Crippen LogP contribution >= 0.6 is 0 Å². The molecule has 7 heteroatoms. The Bertz CT molecular complexity index is 601. The van der Waals surface area contributed by atoms with Gasteiger partial charge in [0.15, 0.2) is 11.5 Å². The number of aromatic carboxylic acids is 1. The highest BCUT2D eigenvalue weighted by Crippen LogP contribution is 2.28. The third-order valence-corrected chi connectivity index (χ3v) is 5.08. The van der Waals surface area contributed by atoms with Gasteiger partial charge in [-0.05, 0) is 39.1 Å². The number of benzene rings is 1. The smallest absolute Gasteiger partial charge is 0.335 e. The molecule has 152 valence electrons. The molecule has 0 aromatic heterocycles. The maximum atomic E-state index is 11.1. The van der Waals surface area contributed by atoms with Crippen LogP contribution in [0.1, 0.15) is 24.2 Å². The number of hydrogen-bond donors (Lipinski definition) is 1. The van der Waals surface area contributed by atoms with Crippen molar-refractivity contribution in [3.63, 3.8) is 0 Å². The molecule has 1 saturated heterocycles. The van der Waals surface area contributed by atoms with Crippen molar-refractivity contribution >= 4 is 5.97 Å². The van der Waals surface area contributed by atoms with E-state index in [1.165, 1.54) is 19.2 Å². The maximum Gasteiger partial charge on any atom is 0.335 e. The van der Waals surface area contributed by atoms with E-state index in [0.29, 0.717) is 24.1 Å². The van der Waals surface area contributed by atoms with E-state index in [9.17, 15) is 4.79 Å². The normalized spacial score (nSPS) is 16.1. The van der Waals surface area contributed by atoms with E-state index < -0.39 is 5.97 Å². The average Bonchev–Trinajstić information content (AvgIpc) is 2.65. The number of hydrogen-bond acceptors (Lipinski definition) is 6. The Kier molecular flexibility index (Phi) is 8.34. The number of carboxylic acids is 1. The highest BCUT2D eigenvalue weighted by molar-refractivity contribution is 5.88. The van der Waals surface area contributed by atoms with Gasteiger partial charge in [-0.3, -0.25) is 9.80 Å². The molecule has 0 bridgehead atoms. The highest BCUT2D eigenvalue weighted by atomic mass is 16.5. The van der Waals surface area contributed by atoms with E-state index in [4.69, 9.17) is 14.6 Å². The van der Waals surface area contributed by atoms with Gasteiger partial charge in [-0.25, -0.2) is 4.79 Å². The number of ether oxygens (including phenoxy) is 2. The van der Waals surface area contributed by atoms with Crippen molar-refractivity contribution in [2.45, 2.75) is 19.9 Å². The summed E-state index contributed by atoms with van der Waals surface area (Å²) in [5.41, 5.74) is 0.190. The van der Waals surface area contributed by atoms with Crippen molar-refractivity contribution < 1.29 is 19.4 Å². The first-order valence-electron chi connectivity index (χ1n) is 9.59. The lowest BCUT2D eigenvalue weighted by molar-refractivity contribution is 0.0696. The second-order valence-electron chi connectivity index (χ2n) is 7.29. The first-order chi connectivity index (χ1) is 12.9. The summed E-state index contributed by atoms with van der Waals surface area (Å²) in [4.78, 5) is 18.4. The Hall–Kier alpha value is -1.83. The standard InChI is InChI=1S/C20H33N3O4/c1-16(2)23(12-11-22-9-7-21(3)8-10-22)13-14-27-18-6-5-17(20(24)25)15-19(18)26-4/h5-6,15-16H,7-14H2,1-4H3,(H,24,25). The molecule has 1 aliphatic heterocycles. The Morgan fingerprint density at radius 1 is 1.19 bits per heavy atom. The number of piperazine rings is 1. The van der Waals surface area contributed by atoms with E-state index in [-0.39, 0.29) is 5.56 Å². The first kappa shape index (κ1) is 21.5. The maximum absolute atomic E-state index is 11.1. The van der Waals surface area contributed by atoms with Gasteiger partial charge in [0.25, 0.3) is 0 Å². The Labute approximate surface area is 162 Å². The van der Waals surface area contributed by atoms with Gasteiger partial charge >= 0.3 is 5.97 Å². The van der Waals surface area contributed by atoms with Gasteiger partial charge in [0.05, 0.1) is 12.7 Å². The topological polar surface area (TPSA) is 65.5 Å². The summed E-state index contributed by atoms with van der Waals surface area (Å²) < 4.78 is 11.1. The molecule has 0 aliphatic carbocycles. The van der Waals surface area contributed by atoms with Crippen LogP contribution in [0.25, 0.3) is 0 Å². The summed E-state index contributed by atoms with van der Waals surface area (Å²) in [6.07, 6.45) is 0. The minimum Gasteiger partial charge on any atom is -0.493 e. The highest BCUT2D eigenvalue weighted by Gasteiger charge is 2.17. The third-order valence-electron chi connectivity index (χ3n) is 5.08. The van der Waals surface area contributed by atoms with Gasteiger partial charge in [-0.1, -0.05) is 0 Å². The van der Waals surface area contributed by atoms with Crippen molar-refractivity contribution in [1.29, 1.82) is 0 Å². The number of methoxy groups -OCH3 is 1. The van der Waals surface area contributed by atoms with Crippen LogP contribution in [-0.4, -0.2) is 98.4 Å².